The number of ether oxygens (including phenoxy) is 1. The molecule has 0 saturated heterocycles. The van der Waals surface area contributed by atoms with Crippen LogP contribution in [-0.4, -0.2) is 52.3 Å². The van der Waals surface area contributed by atoms with E-state index in [1.807, 2.05) is 36.5 Å². The molecule has 3 N–H and O–H groups in total. The quantitative estimate of drug-likeness (QED) is 0.355. The molecule has 0 radical (unpaired) electrons. The third-order valence-corrected chi connectivity index (χ3v) is 11.9. The minimum atomic E-state index is -1.53. The first kappa shape index (κ1) is 29.8. The minimum absolute atomic E-state index is 0.0190. The average Bonchev–Trinajstić information content (AvgIpc) is 3.53. The van der Waals surface area contributed by atoms with Crippen molar-refractivity contribution in [3.63, 3.8) is 0 Å². The molecule has 1 heterocycles. The van der Waals surface area contributed by atoms with E-state index < -0.39 is 29.4 Å². The Morgan fingerprint density at radius 2 is 1.81 bits per heavy atom. The van der Waals surface area contributed by atoms with E-state index in [0.717, 1.165) is 55.0 Å². The highest BCUT2D eigenvalue weighted by Crippen LogP contribution is 2.67. The van der Waals surface area contributed by atoms with Crippen molar-refractivity contribution >= 4 is 34.3 Å². The number of para-hydroxylation sites is 1. The summed E-state index contributed by atoms with van der Waals surface area (Å²) in [6.07, 6.45) is 10.6. The van der Waals surface area contributed by atoms with Gasteiger partial charge in [-0.3, -0.25) is 19.2 Å². The molecule has 0 aliphatic heterocycles. The van der Waals surface area contributed by atoms with E-state index in [1.165, 1.54) is 5.57 Å². The fourth-order valence-electron chi connectivity index (χ4n) is 9.35. The minimum Gasteiger partial charge on any atom is -0.458 e. The molecule has 8 heteroatoms. The number of allylic oxidation sites excluding steroid dienone is 1. The van der Waals surface area contributed by atoms with Crippen LogP contribution in [0.4, 0.5) is 0 Å². The Labute approximate surface area is 253 Å². The number of rotatable bonds is 9. The Hall–Kier alpha value is -3.26. The van der Waals surface area contributed by atoms with E-state index in [-0.39, 0.29) is 35.9 Å². The second kappa shape index (κ2) is 11.3. The van der Waals surface area contributed by atoms with E-state index >= 15 is 0 Å². The van der Waals surface area contributed by atoms with Gasteiger partial charge in [0.25, 0.3) is 0 Å². The van der Waals surface area contributed by atoms with Crippen molar-refractivity contribution < 1.29 is 29.0 Å². The van der Waals surface area contributed by atoms with Crippen molar-refractivity contribution in [2.45, 2.75) is 90.1 Å². The lowest BCUT2D eigenvalue weighted by Gasteiger charge is -2.58. The Bertz CT molecular complexity index is 1480. The summed E-state index contributed by atoms with van der Waals surface area (Å²) in [4.78, 5) is 53.6. The lowest BCUT2D eigenvalue weighted by Crippen LogP contribution is -2.58. The highest BCUT2D eigenvalue weighted by molar-refractivity contribution is 5.92. The van der Waals surface area contributed by atoms with Gasteiger partial charge in [-0.25, -0.2) is 0 Å². The number of esters is 1. The lowest BCUT2D eigenvalue weighted by atomic mass is 9.46. The van der Waals surface area contributed by atoms with Gasteiger partial charge in [0, 0.05) is 41.9 Å². The number of carbonyl (C=O) groups excluding carboxylic acids is 4. The topological polar surface area (TPSA) is 126 Å². The number of H-pyrrole nitrogens is 1. The number of aromatic nitrogens is 1. The maximum absolute atomic E-state index is 13.4. The first-order valence-corrected chi connectivity index (χ1v) is 16.0. The zero-order chi connectivity index (χ0) is 30.4. The summed E-state index contributed by atoms with van der Waals surface area (Å²) in [7, 11) is 0. The number of hydrogen-bond acceptors (Lipinski definition) is 6. The Morgan fingerprint density at radius 1 is 1.02 bits per heavy atom. The number of amides is 1. The molecule has 3 saturated carbocycles. The van der Waals surface area contributed by atoms with Gasteiger partial charge in [-0.1, -0.05) is 37.6 Å². The highest BCUT2D eigenvalue weighted by Gasteiger charge is 2.66. The predicted molar refractivity (Wildman–Crippen MR) is 162 cm³/mol. The number of nitrogens with one attached hydrogen (secondary N) is 2. The first-order chi connectivity index (χ1) is 20.5. The predicted octanol–water partition coefficient (Wildman–Crippen LogP) is 4.98. The van der Waals surface area contributed by atoms with Crippen LogP contribution in [0.1, 0.15) is 83.6 Å². The van der Waals surface area contributed by atoms with Crippen molar-refractivity contribution in [1.82, 2.24) is 10.3 Å². The van der Waals surface area contributed by atoms with E-state index in [9.17, 15) is 24.3 Å². The van der Waals surface area contributed by atoms with Gasteiger partial charge in [0.1, 0.15) is 5.60 Å². The summed E-state index contributed by atoms with van der Waals surface area (Å²) >= 11 is 0. The molecule has 4 aliphatic rings. The maximum Gasteiger partial charge on any atom is 0.306 e. The van der Waals surface area contributed by atoms with Gasteiger partial charge < -0.3 is 20.1 Å². The van der Waals surface area contributed by atoms with Crippen LogP contribution in [-0.2, 0) is 30.3 Å². The molecule has 3 unspecified atom stereocenters. The van der Waals surface area contributed by atoms with E-state index in [4.69, 9.17) is 4.74 Å². The molecular weight excluding hydrogens is 544 g/mol. The molecule has 1 amide bonds. The van der Waals surface area contributed by atoms with E-state index in [2.05, 4.69) is 24.1 Å². The van der Waals surface area contributed by atoms with Crippen LogP contribution in [0.3, 0.4) is 0 Å². The van der Waals surface area contributed by atoms with Gasteiger partial charge in [0.05, 0.1) is 6.42 Å². The van der Waals surface area contributed by atoms with Gasteiger partial charge in [-0.15, -0.1) is 0 Å². The van der Waals surface area contributed by atoms with Gasteiger partial charge in [0.2, 0.25) is 11.7 Å². The number of fused-ring (bicyclic) bond motifs is 6. The molecule has 8 nitrogen and oxygen atoms in total. The molecule has 4 aliphatic carbocycles. The second-order valence-corrected chi connectivity index (χ2v) is 13.9. The van der Waals surface area contributed by atoms with Crippen molar-refractivity contribution in [2.75, 3.05) is 13.2 Å². The molecule has 1 aromatic heterocycles. The number of hydrogen-bond donors (Lipinski definition) is 3. The summed E-state index contributed by atoms with van der Waals surface area (Å²) in [6.45, 7) is 4.36. The van der Waals surface area contributed by atoms with Crippen LogP contribution in [0.2, 0.25) is 0 Å². The van der Waals surface area contributed by atoms with E-state index in [0.29, 0.717) is 37.6 Å². The van der Waals surface area contributed by atoms with Crippen molar-refractivity contribution in [3.05, 3.63) is 47.7 Å². The van der Waals surface area contributed by atoms with Gasteiger partial charge in [-0.2, -0.15) is 0 Å². The summed E-state index contributed by atoms with van der Waals surface area (Å²) in [6, 6.07) is 8.00. The van der Waals surface area contributed by atoms with Crippen LogP contribution in [0, 0.1) is 28.6 Å². The smallest absolute Gasteiger partial charge is 0.306 e. The Kier molecular flexibility index (Phi) is 7.86. The number of ketones is 2. The number of aromatic amines is 1. The molecular formula is C35H44N2O6. The van der Waals surface area contributed by atoms with Crippen LogP contribution in [0.25, 0.3) is 10.9 Å². The molecule has 3 fully saturated rings. The van der Waals surface area contributed by atoms with Crippen molar-refractivity contribution in [2.24, 2.45) is 28.6 Å². The summed E-state index contributed by atoms with van der Waals surface area (Å²) in [5, 5.41) is 15.8. The zero-order valence-corrected chi connectivity index (χ0v) is 25.4. The molecule has 0 spiro atoms. The van der Waals surface area contributed by atoms with Crippen LogP contribution in [0.15, 0.2) is 42.1 Å². The van der Waals surface area contributed by atoms with Crippen LogP contribution >= 0.6 is 0 Å². The lowest BCUT2D eigenvalue weighted by molar-refractivity contribution is -0.170. The summed E-state index contributed by atoms with van der Waals surface area (Å²) < 4.78 is 5.30. The molecule has 2 aromatic rings. The van der Waals surface area contributed by atoms with Crippen LogP contribution in [0.5, 0.6) is 0 Å². The molecule has 0 bridgehead atoms. The van der Waals surface area contributed by atoms with Gasteiger partial charge >= 0.3 is 5.97 Å². The Balaban J connectivity index is 0.982. The van der Waals surface area contributed by atoms with Gasteiger partial charge in [0.15, 0.2) is 12.4 Å². The fraction of sp³-hybridized carbons (Fsp3) is 0.600. The van der Waals surface area contributed by atoms with Crippen LogP contribution < -0.4 is 5.32 Å². The summed E-state index contributed by atoms with van der Waals surface area (Å²) in [5.74, 6) is 0.0438. The third kappa shape index (κ3) is 5.15. The number of Topliss-reactive ketones (excluding diaryl/α,β-unsaturated/α-hetero) is 1. The zero-order valence-electron chi connectivity index (χ0n) is 25.4. The first-order valence-electron chi connectivity index (χ1n) is 16.0. The molecule has 6 rings (SSSR count). The Morgan fingerprint density at radius 3 is 2.65 bits per heavy atom. The second-order valence-electron chi connectivity index (χ2n) is 13.9. The third-order valence-electron chi connectivity index (χ3n) is 11.9. The average molecular weight is 589 g/mol. The fourth-order valence-corrected chi connectivity index (χ4v) is 9.35. The molecule has 230 valence electrons. The number of benzene rings is 1. The molecule has 1 aromatic carbocycles. The normalized spacial score (nSPS) is 33.2. The highest BCUT2D eigenvalue weighted by atomic mass is 16.5. The number of carbonyl (C=O) groups is 4. The van der Waals surface area contributed by atoms with E-state index in [1.54, 1.807) is 0 Å². The maximum atomic E-state index is 13.4. The number of aliphatic hydroxyl groups is 1. The largest absolute Gasteiger partial charge is 0.458 e. The molecule has 6 atom stereocenters. The molecule has 43 heavy (non-hydrogen) atoms. The van der Waals surface area contributed by atoms with Crippen molar-refractivity contribution in [1.29, 1.82) is 0 Å². The SMILES string of the molecule is C[C@]12CCC(=O)C=C1CCC1C2CC[C@@]2(C)C1CC[C@]2(O)C(=O)COC(=O)CCC(=O)NCCc1c[nH]c2ccccc12. The van der Waals surface area contributed by atoms with Crippen molar-refractivity contribution in [3.8, 4) is 0 Å². The standard InChI is InChI=1S/C35H44N2O6/c1-33-15-11-24(38)19-23(33)7-8-26-27(33)12-16-34(2)28(26)13-17-35(34,42)30(39)21-43-32(41)10-9-31(40)36-18-14-22-20-37-29-6-4-3-5-25(22)29/h3-6,19-20,26-28,37,42H,7-18,21H2,1-2H3,(H,36,40)/t26?,27?,28?,33-,34-,35-/m0/s1. The summed E-state index contributed by atoms with van der Waals surface area (Å²) in [5.41, 5.74) is 1.41. The monoisotopic (exact) mass is 588 g/mol. The van der Waals surface area contributed by atoms with Gasteiger partial charge in [-0.05, 0) is 92.2 Å².